The van der Waals surface area contributed by atoms with E-state index in [2.05, 4.69) is 5.32 Å². The number of carbonyl (C=O) groups is 1. The number of carbonyl (C=O) groups excluding carboxylic acids is 1. The largest absolute Gasteiger partial charge is 0.506 e. The third kappa shape index (κ3) is 2.98. The van der Waals surface area contributed by atoms with E-state index in [-0.39, 0.29) is 17.4 Å². The van der Waals surface area contributed by atoms with Gasteiger partial charge in [0, 0.05) is 23.0 Å². The first kappa shape index (κ1) is 17.6. The number of halogens is 1. The third-order valence-corrected chi connectivity index (χ3v) is 5.33. The molecule has 3 aromatic rings. The number of hydrogen-bond donors (Lipinski definition) is 2. The van der Waals surface area contributed by atoms with Crippen LogP contribution >= 0.6 is 11.6 Å². The van der Waals surface area contributed by atoms with Crippen molar-refractivity contribution in [2.45, 2.75) is 25.8 Å². The van der Waals surface area contributed by atoms with Crippen LogP contribution < -0.4 is 10.9 Å². The Morgan fingerprint density at radius 3 is 2.74 bits per heavy atom. The molecule has 4 rings (SSSR count). The van der Waals surface area contributed by atoms with Gasteiger partial charge in [-0.1, -0.05) is 35.9 Å². The summed E-state index contributed by atoms with van der Waals surface area (Å²) in [6.07, 6.45) is 1.32. The van der Waals surface area contributed by atoms with E-state index >= 15 is 0 Å². The molecule has 2 N–H and O–H groups in total. The van der Waals surface area contributed by atoms with Crippen LogP contribution in [0.5, 0.6) is 5.75 Å². The molecule has 2 aromatic carbocycles. The van der Waals surface area contributed by atoms with Crippen molar-refractivity contribution >= 4 is 28.4 Å². The lowest BCUT2D eigenvalue weighted by molar-refractivity contribution is 0.0949. The van der Waals surface area contributed by atoms with Gasteiger partial charge in [0.05, 0.1) is 5.52 Å². The van der Waals surface area contributed by atoms with Crippen molar-refractivity contribution in [1.29, 1.82) is 0 Å². The third-order valence-electron chi connectivity index (χ3n) is 5.08. The number of nitrogens with zero attached hydrogens (tertiary/aromatic N) is 1. The first-order chi connectivity index (χ1) is 13.0. The van der Waals surface area contributed by atoms with E-state index in [0.717, 1.165) is 16.6 Å². The Hall–Kier alpha value is -2.79. The van der Waals surface area contributed by atoms with Gasteiger partial charge in [0.25, 0.3) is 11.5 Å². The number of para-hydroxylation sites is 1. The van der Waals surface area contributed by atoms with E-state index in [0.29, 0.717) is 29.8 Å². The van der Waals surface area contributed by atoms with Gasteiger partial charge >= 0.3 is 0 Å². The van der Waals surface area contributed by atoms with Gasteiger partial charge in [-0.15, -0.1) is 0 Å². The number of benzene rings is 2. The molecule has 2 heterocycles. The van der Waals surface area contributed by atoms with E-state index in [1.807, 2.05) is 31.2 Å². The Bertz CT molecular complexity index is 1100. The molecular formula is C21H19ClN2O3. The molecule has 0 saturated carbocycles. The van der Waals surface area contributed by atoms with Gasteiger partial charge in [-0.2, -0.15) is 0 Å². The fraction of sp³-hybridized carbons (Fsp3) is 0.238. The van der Waals surface area contributed by atoms with Crippen molar-refractivity contribution in [1.82, 2.24) is 9.88 Å². The van der Waals surface area contributed by atoms with E-state index in [4.69, 9.17) is 11.6 Å². The van der Waals surface area contributed by atoms with Gasteiger partial charge in [0.1, 0.15) is 11.3 Å². The topological polar surface area (TPSA) is 71.3 Å². The molecule has 0 spiro atoms. The summed E-state index contributed by atoms with van der Waals surface area (Å²) in [7, 11) is 0. The molecule has 0 bridgehead atoms. The molecule has 0 aliphatic carbocycles. The van der Waals surface area contributed by atoms with Crippen molar-refractivity contribution < 1.29 is 9.90 Å². The molecule has 27 heavy (non-hydrogen) atoms. The molecule has 5 nitrogen and oxygen atoms in total. The minimum Gasteiger partial charge on any atom is -0.506 e. The molecule has 138 valence electrons. The fourth-order valence-electron chi connectivity index (χ4n) is 3.78. The van der Waals surface area contributed by atoms with Gasteiger partial charge in [-0.3, -0.25) is 9.59 Å². The van der Waals surface area contributed by atoms with Crippen LogP contribution in [-0.4, -0.2) is 22.1 Å². The molecule has 1 amide bonds. The van der Waals surface area contributed by atoms with Crippen LogP contribution in [0.2, 0.25) is 5.02 Å². The second-order valence-corrected chi connectivity index (χ2v) is 7.33. The monoisotopic (exact) mass is 382 g/mol. The fourth-order valence-corrected chi connectivity index (χ4v) is 3.91. The maximum atomic E-state index is 12.9. The Labute approximate surface area is 161 Å². The highest BCUT2D eigenvalue weighted by Crippen LogP contribution is 2.35. The lowest BCUT2D eigenvalue weighted by Crippen LogP contribution is -2.34. The minimum absolute atomic E-state index is 0.0429. The summed E-state index contributed by atoms with van der Waals surface area (Å²) >= 11 is 5.87. The normalized spacial score (nSPS) is 15.3. The molecule has 1 aromatic heterocycles. The summed E-state index contributed by atoms with van der Waals surface area (Å²) in [6, 6.07) is 12.9. The van der Waals surface area contributed by atoms with Crippen LogP contribution in [0.15, 0.2) is 47.3 Å². The van der Waals surface area contributed by atoms with Crippen LogP contribution in [0, 0.1) is 0 Å². The van der Waals surface area contributed by atoms with Crippen LogP contribution in [0.3, 0.4) is 0 Å². The molecule has 1 aliphatic heterocycles. The molecule has 1 atom stereocenters. The molecule has 1 aliphatic rings. The van der Waals surface area contributed by atoms with E-state index in [9.17, 15) is 14.7 Å². The highest BCUT2D eigenvalue weighted by molar-refractivity contribution is 6.30. The van der Waals surface area contributed by atoms with Crippen molar-refractivity contribution in [3.8, 4) is 5.75 Å². The number of amides is 1. The van der Waals surface area contributed by atoms with Crippen molar-refractivity contribution in [3.63, 3.8) is 0 Å². The van der Waals surface area contributed by atoms with Crippen molar-refractivity contribution in [2.24, 2.45) is 0 Å². The number of aromatic nitrogens is 1. The first-order valence-electron chi connectivity index (χ1n) is 8.89. The van der Waals surface area contributed by atoms with Gasteiger partial charge in [0.2, 0.25) is 0 Å². The predicted octanol–water partition coefficient (Wildman–Crippen LogP) is 3.45. The summed E-state index contributed by atoms with van der Waals surface area (Å²) in [5.41, 5.74) is 2.13. The standard InChI is InChI=1S/C21H19ClN2O3/c1-12-11-14-3-2-4-16-18(14)24(12)21(27)17(19(16)25)20(26)23-10-9-13-5-7-15(22)8-6-13/h2-8,12,25H,9-11H2,1H3,(H,23,26)/t12-/m1/s1. The maximum Gasteiger partial charge on any atom is 0.267 e. The maximum absolute atomic E-state index is 12.9. The number of nitrogens with one attached hydrogen (secondary N) is 1. The second kappa shape index (κ2) is 6.74. The van der Waals surface area contributed by atoms with E-state index < -0.39 is 11.5 Å². The van der Waals surface area contributed by atoms with Crippen molar-refractivity contribution in [3.05, 3.63) is 74.5 Å². The summed E-state index contributed by atoms with van der Waals surface area (Å²) < 4.78 is 1.62. The molecule has 6 heteroatoms. The van der Waals surface area contributed by atoms with Gasteiger partial charge in [-0.25, -0.2) is 0 Å². The van der Waals surface area contributed by atoms with Crippen LogP contribution in [0.25, 0.3) is 10.9 Å². The first-order valence-corrected chi connectivity index (χ1v) is 9.27. The zero-order valence-corrected chi connectivity index (χ0v) is 15.6. The molecule has 0 fully saturated rings. The Balaban J connectivity index is 1.63. The van der Waals surface area contributed by atoms with Crippen LogP contribution in [0.4, 0.5) is 0 Å². The Kier molecular flexibility index (Phi) is 4.40. The van der Waals surface area contributed by atoms with E-state index in [1.165, 1.54) is 0 Å². The summed E-state index contributed by atoms with van der Waals surface area (Å²) in [5.74, 6) is -0.798. The van der Waals surface area contributed by atoms with E-state index in [1.54, 1.807) is 22.8 Å². The molecular weight excluding hydrogens is 364 g/mol. The average Bonchev–Trinajstić information content (AvgIpc) is 2.98. The summed E-state index contributed by atoms with van der Waals surface area (Å²) in [4.78, 5) is 25.6. The second-order valence-electron chi connectivity index (χ2n) is 6.90. The van der Waals surface area contributed by atoms with Gasteiger partial charge in [0.15, 0.2) is 0 Å². The van der Waals surface area contributed by atoms with Gasteiger partial charge in [-0.05, 0) is 49.1 Å². The smallest absolute Gasteiger partial charge is 0.267 e. The average molecular weight is 383 g/mol. The zero-order valence-electron chi connectivity index (χ0n) is 14.8. The van der Waals surface area contributed by atoms with Gasteiger partial charge < -0.3 is 15.0 Å². The Morgan fingerprint density at radius 2 is 2.00 bits per heavy atom. The highest BCUT2D eigenvalue weighted by atomic mass is 35.5. The summed E-state index contributed by atoms with van der Waals surface area (Å²) in [5, 5.41) is 14.6. The molecule has 0 radical (unpaired) electrons. The van der Waals surface area contributed by atoms with Crippen molar-refractivity contribution in [2.75, 3.05) is 6.54 Å². The number of aromatic hydroxyl groups is 1. The Morgan fingerprint density at radius 1 is 1.26 bits per heavy atom. The number of rotatable bonds is 4. The predicted molar refractivity (Wildman–Crippen MR) is 106 cm³/mol. The summed E-state index contributed by atoms with van der Waals surface area (Å²) in [6.45, 7) is 2.30. The van der Waals surface area contributed by atoms with Crippen LogP contribution in [0.1, 0.15) is 34.5 Å². The quantitative estimate of drug-likeness (QED) is 0.726. The SMILES string of the molecule is C[C@@H]1Cc2cccc3c(O)c(C(=O)NCCc4ccc(Cl)cc4)c(=O)n1c23. The number of pyridine rings is 1. The molecule has 0 unspecified atom stereocenters. The minimum atomic E-state index is -0.554. The lowest BCUT2D eigenvalue weighted by atomic mass is 10.1. The lowest BCUT2D eigenvalue weighted by Gasteiger charge is -2.14. The number of hydrogen-bond acceptors (Lipinski definition) is 3. The highest BCUT2D eigenvalue weighted by Gasteiger charge is 2.29. The zero-order chi connectivity index (χ0) is 19.1. The van der Waals surface area contributed by atoms with Crippen LogP contribution in [-0.2, 0) is 12.8 Å². The molecule has 0 saturated heterocycles.